The molecular formula is C30H35Cl2N3O4S. The van der Waals surface area contributed by atoms with Crippen LogP contribution < -0.4 is 9.62 Å². The fourth-order valence-electron chi connectivity index (χ4n) is 4.50. The Morgan fingerprint density at radius 3 is 2.00 bits per heavy atom. The minimum absolute atomic E-state index is 0.0925. The average molecular weight is 605 g/mol. The van der Waals surface area contributed by atoms with Crippen molar-refractivity contribution in [1.29, 1.82) is 0 Å². The molecule has 0 unspecified atom stereocenters. The van der Waals surface area contributed by atoms with Gasteiger partial charge in [0.25, 0.3) is 0 Å². The highest BCUT2D eigenvalue weighted by Crippen LogP contribution is 2.28. The molecule has 0 saturated heterocycles. The molecule has 7 nitrogen and oxygen atoms in total. The lowest BCUT2D eigenvalue weighted by molar-refractivity contribution is -0.140. The summed E-state index contributed by atoms with van der Waals surface area (Å²) in [6.07, 6.45) is 1.26. The third-order valence-corrected chi connectivity index (χ3v) is 8.11. The van der Waals surface area contributed by atoms with Crippen molar-refractivity contribution in [2.45, 2.75) is 52.7 Å². The first kappa shape index (κ1) is 31.5. The summed E-state index contributed by atoms with van der Waals surface area (Å²) in [5.74, 6) is -0.937. The molecule has 0 saturated carbocycles. The maximum atomic E-state index is 14.1. The first-order valence-corrected chi connectivity index (χ1v) is 15.5. The Bertz CT molecular complexity index is 1420. The Morgan fingerprint density at radius 2 is 1.48 bits per heavy atom. The number of nitrogens with one attached hydrogen (secondary N) is 1. The van der Waals surface area contributed by atoms with Gasteiger partial charge in [-0.3, -0.25) is 13.9 Å². The topological polar surface area (TPSA) is 86.8 Å². The molecule has 1 N–H and O–H groups in total. The van der Waals surface area contributed by atoms with Crippen LogP contribution in [0, 0.1) is 13.8 Å². The van der Waals surface area contributed by atoms with Crippen LogP contribution in [0.25, 0.3) is 0 Å². The molecule has 0 heterocycles. The largest absolute Gasteiger partial charge is 0.352 e. The van der Waals surface area contributed by atoms with E-state index in [4.69, 9.17) is 23.2 Å². The van der Waals surface area contributed by atoms with Gasteiger partial charge in [0.15, 0.2) is 0 Å². The highest BCUT2D eigenvalue weighted by Gasteiger charge is 2.34. The normalized spacial score (nSPS) is 12.2. The van der Waals surface area contributed by atoms with E-state index in [-0.39, 0.29) is 24.9 Å². The smallest absolute Gasteiger partial charge is 0.244 e. The van der Waals surface area contributed by atoms with Gasteiger partial charge in [-0.05, 0) is 68.7 Å². The number of anilines is 1. The number of aryl methyl sites for hydroxylation is 2. The van der Waals surface area contributed by atoms with E-state index < -0.39 is 28.5 Å². The zero-order valence-corrected chi connectivity index (χ0v) is 25.6. The van der Waals surface area contributed by atoms with Gasteiger partial charge < -0.3 is 10.2 Å². The molecule has 0 aromatic heterocycles. The predicted octanol–water partition coefficient (Wildman–Crippen LogP) is 5.54. The standard InChI is InChI=1S/C30H35Cl2N3O4S/c1-20(2)33-30(37)28(17-23-10-7-6-8-11-23)34(18-25-26(31)12-9-13-27(25)32)29(36)19-35(40(5,38)39)24-15-21(3)14-22(4)16-24/h6-16,20,28H,17-19H2,1-5H3,(H,33,37)/t28-/m0/s1. The van der Waals surface area contributed by atoms with Gasteiger partial charge in [0.2, 0.25) is 21.8 Å². The quantitative estimate of drug-likeness (QED) is 0.312. The van der Waals surface area contributed by atoms with E-state index in [0.717, 1.165) is 27.3 Å². The SMILES string of the molecule is Cc1cc(C)cc(N(CC(=O)N(Cc2c(Cl)cccc2Cl)[C@@H](Cc2ccccc2)C(=O)NC(C)C)S(C)(=O)=O)c1. The summed E-state index contributed by atoms with van der Waals surface area (Å²) in [6.45, 7) is 6.78. The van der Waals surface area contributed by atoms with Crippen LogP contribution in [0.15, 0.2) is 66.7 Å². The Hall–Kier alpha value is -3.07. The summed E-state index contributed by atoms with van der Waals surface area (Å²) in [5.41, 5.74) is 3.38. The number of benzene rings is 3. The monoisotopic (exact) mass is 603 g/mol. The zero-order valence-electron chi connectivity index (χ0n) is 23.3. The lowest BCUT2D eigenvalue weighted by Crippen LogP contribution is -2.54. The molecule has 40 heavy (non-hydrogen) atoms. The molecule has 0 aliphatic carbocycles. The van der Waals surface area contributed by atoms with Crippen molar-refractivity contribution < 1.29 is 18.0 Å². The number of carbonyl (C=O) groups is 2. The van der Waals surface area contributed by atoms with Crippen molar-refractivity contribution in [3.8, 4) is 0 Å². The summed E-state index contributed by atoms with van der Waals surface area (Å²) in [6, 6.07) is 18.5. The van der Waals surface area contributed by atoms with E-state index in [1.54, 1.807) is 30.3 Å². The minimum atomic E-state index is -3.86. The van der Waals surface area contributed by atoms with Gasteiger partial charge >= 0.3 is 0 Å². The number of carbonyl (C=O) groups excluding carboxylic acids is 2. The molecule has 0 aliphatic heterocycles. The number of nitrogens with zero attached hydrogens (tertiary/aromatic N) is 2. The summed E-state index contributed by atoms with van der Waals surface area (Å²) < 4.78 is 27.0. The lowest BCUT2D eigenvalue weighted by Gasteiger charge is -2.34. The van der Waals surface area contributed by atoms with E-state index in [2.05, 4.69) is 5.32 Å². The molecule has 0 spiro atoms. The maximum Gasteiger partial charge on any atom is 0.244 e. The van der Waals surface area contributed by atoms with Crippen LogP contribution >= 0.6 is 23.2 Å². The van der Waals surface area contributed by atoms with Gasteiger partial charge in [-0.25, -0.2) is 8.42 Å². The molecule has 0 aliphatic rings. The number of rotatable bonds is 11. The van der Waals surface area contributed by atoms with Crippen molar-refractivity contribution in [2.75, 3.05) is 17.1 Å². The Kier molecular flexibility index (Phi) is 10.6. The Morgan fingerprint density at radius 1 is 0.900 bits per heavy atom. The number of halogens is 2. The van der Waals surface area contributed by atoms with Crippen molar-refractivity contribution >= 4 is 50.7 Å². The summed E-state index contributed by atoms with van der Waals surface area (Å²) in [7, 11) is -3.86. The van der Waals surface area contributed by atoms with Gasteiger partial charge in [0, 0.05) is 34.6 Å². The molecule has 0 fully saturated rings. The van der Waals surface area contributed by atoms with Gasteiger partial charge in [-0.2, -0.15) is 0 Å². The lowest BCUT2D eigenvalue weighted by atomic mass is 10.0. The fourth-order valence-corrected chi connectivity index (χ4v) is 5.85. The second kappa shape index (κ2) is 13.5. The molecule has 3 rings (SSSR count). The third-order valence-electron chi connectivity index (χ3n) is 6.27. The van der Waals surface area contributed by atoms with Crippen LogP contribution in [0.2, 0.25) is 10.0 Å². The van der Waals surface area contributed by atoms with Crippen molar-refractivity contribution in [1.82, 2.24) is 10.2 Å². The van der Waals surface area contributed by atoms with Crippen molar-refractivity contribution in [3.05, 3.63) is 99.0 Å². The molecule has 0 bridgehead atoms. The highest BCUT2D eigenvalue weighted by molar-refractivity contribution is 7.92. The second-order valence-corrected chi connectivity index (χ2v) is 12.9. The van der Waals surface area contributed by atoms with Crippen LogP contribution in [-0.4, -0.2) is 50.0 Å². The van der Waals surface area contributed by atoms with Crippen molar-refractivity contribution in [3.63, 3.8) is 0 Å². The average Bonchev–Trinajstić information content (AvgIpc) is 2.85. The van der Waals surface area contributed by atoms with E-state index in [1.165, 1.54) is 4.90 Å². The number of hydrogen-bond donors (Lipinski definition) is 1. The van der Waals surface area contributed by atoms with E-state index >= 15 is 0 Å². The van der Waals surface area contributed by atoms with Crippen LogP contribution in [0.5, 0.6) is 0 Å². The van der Waals surface area contributed by atoms with Crippen molar-refractivity contribution in [2.24, 2.45) is 0 Å². The van der Waals surface area contributed by atoms with E-state index in [0.29, 0.717) is 21.3 Å². The van der Waals surface area contributed by atoms with Crippen LogP contribution in [0.1, 0.15) is 36.1 Å². The zero-order chi connectivity index (χ0) is 29.6. The van der Waals surface area contributed by atoms with Gasteiger partial charge in [0.1, 0.15) is 12.6 Å². The molecule has 10 heteroatoms. The summed E-state index contributed by atoms with van der Waals surface area (Å²) >= 11 is 13.0. The molecule has 3 aromatic rings. The third kappa shape index (κ3) is 8.46. The van der Waals surface area contributed by atoms with Gasteiger partial charge in [0.05, 0.1) is 11.9 Å². The summed E-state index contributed by atoms with van der Waals surface area (Å²) in [4.78, 5) is 29.1. The molecule has 214 valence electrons. The first-order chi connectivity index (χ1) is 18.8. The maximum absolute atomic E-state index is 14.1. The Labute approximate surface area is 247 Å². The first-order valence-electron chi connectivity index (χ1n) is 12.9. The number of sulfonamides is 1. The number of amides is 2. The highest BCUT2D eigenvalue weighted by atomic mass is 35.5. The number of hydrogen-bond acceptors (Lipinski definition) is 4. The molecule has 2 amide bonds. The van der Waals surface area contributed by atoms with E-state index in [9.17, 15) is 18.0 Å². The molecule has 0 radical (unpaired) electrons. The van der Waals surface area contributed by atoms with Crippen LogP contribution in [0.4, 0.5) is 5.69 Å². The molecule has 1 atom stereocenters. The van der Waals surface area contributed by atoms with Crippen LogP contribution in [-0.2, 0) is 32.6 Å². The predicted molar refractivity (Wildman–Crippen MR) is 162 cm³/mol. The van der Waals surface area contributed by atoms with Crippen LogP contribution in [0.3, 0.4) is 0 Å². The Balaban J connectivity index is 2.12. The summed E-state index contributed by atoms with van der Waals surface area (Å²) in [5, 5.41) is 3.58. The molecular weight excluding hydrogens is 569 g/mol. The molecule has 3 aromatic carbocycles. The second-order valence-electron chi connectivity index (χ2n) is 10.2. The van der Waals surface area contributed by atoms with Gasteiger partial charge in [-0.15, -0.1) is 0 Å². The van der Waals surface area contributed by atoms with Gasteiger partial charge in [-0.1, -0.05) is 65.7 Å². The van der Waals surface area contributed by atoms with E-state index in [1.807, 2.05) is 64.1 Å². The minimum Gasteiger partial charge on any atom is -0.352 e. The fraction of sp³-hybridized carbons (Fsp3) is 0.333.